The number of benzene rings is 1. The van der Waals surface area contributed by atoms with Crippen LogP contribution in [0.15, 0.2) is 18.2 Å². The number of hydrogen-bond acceptors (Lipinski definition) is 3. The zero-order valence-electron chi connectivity index (χ0n) is 10.8. The summed E-state index contributed by atoms with van der Waals surface area (Å²) < 4.78 is 0. The summed E-state index contributed by atoms with van der Waals surface area (Å²) in [7, 11) is 0. The Morgan fingerprint density at radius 1 is 1.28 bits per heavy atom. The summed E-state index contributed by atoms with van der Waals surface area (Å²) in [5, 5.41) is 11.6. The third-order valence-electron chi connectivity index (χ3n) is 2.82. The minimum absolute atomic E-state index is 0.0649. The quantitative estimate of drug-likeness (QED) is 0.573. The number of aliphatic carboxylic acids is 1. The molecule has 0 heterocycles. The highest BCUT2D eigenvalue weighted by molar-refractivity contribution is 5.94. The minimum atomic E-state index is -0.801. The predicted octanol–water partition coefficient (Wildman–Crippen LogP) is 2.02. The lowest BCUT2D eigenvalue weighted by Crippen LogP contribution is -2.18. The largest absolute Gasteiger partial charge is 0.481 e. The summed E-state index contributed by atoms with van der Waals surface area (Å²) >= 11 is 0. The van der Waals surface area contributed by atoms with Crippen molar-refractivity contribution in [1.29, 1.82) is 0 Å². The maximum atomic E-state index is 11.3. The molecule has 0 saturated carbocycles. The van der Waals surface area contributed by atoms with Crippen molar-refractivity contribution in [3.8, 4) is 0 Å². The first kappa shape index (κ1) is 14.4. The molecule has 0 aliphatic carbocycles. The molecule has 0 aliphatic rings. The Bertz CT molecular complexity index is 441. The van der Waals surface area contributed by atoms with Crippen LogP contribution in [-0.2, 0) is 17.8 Å². The van der Waals surface area contributed by atoms with Crippen LogP contribution in [0.2, 0.25) is 0 Å². The lowest BCUT2D eigenvalue weighted by Gasteiger charge is -2.10. The molecule has 1 aromatic rings. The zero-order chi connectivity index (χ0) is 13.5. The van der Waals surface area contributed by atoms with Gasteiger partial charge in [-0.2, -0.15) is 0 Å². The second kappa shape index (κ2) is 6.91. The molecule has 0 amide bonds. The molecule has 0 fully saturated rings. The fraction of sp³-hybridized carbons (Fsp3) is 0.429. The average molecular weight is 249 g/mol. The minimum Gasteiger partial charge on any atom is -0.481 e. The SMILES string of the molecule is CCc1cc(C(C)=O)ccc1CNCCC(=O)O. The van der Waals surface area contributed by atoms with Crippen molar-refractivity contribution in [2.75, 3.05) is 6.54 Å². The van der Waals surface area contributed by atoms with Crippen LogP contribution >= 0.6 is 0 Å². The zero-order valence-corrected chi connectivity index (χ0v) is 10.8. The molecule has 0 aliphatic heterocycles. The first-order valence-electron chi connectivity index (χ1n) is 6.09. The van der Waals surface area contributed by atoms with Gasteiger partial charge in [0.1, 0.15) is 0 Å². The number of carboxylic acid groups (broad SMARTS) is 1. The Morgan fingerprint density at radius 3 is 2.56 bits per heavy atom. The van der Waals surface area contributed by atoms with Gasteiger partial charge in [-0.3, -0.25) is 9.59 Å². The van der Waals surface area contributed by atoms with Crippen molar-refractivity contribution in [3.05, 3.63) is 34.9 Å². The molecule has 98 valence electrons. The second-order valence-electron chi connectivity index (χ2n) is 4.21. The van der Waals surface area contributed by atoms with E-state index in [1.807, 2.05) is 25.1 Å². The number of rotatable bonds is 7. The van der Waals surface area contributed by atoms with Gasteiger partial charge < -0.3 is 10.4 Å². The van der Waals surface area contributed by atoms with Gasteiger partial charge in [0.2, 0.25) is 0 Å². The topological polar surface area (TPSA) is 66.4 Å². The molecule has 0 saturated heterocycles. The van der Waals surface area contributed by atoms with Gasteiger partial charge in [-0.15, -0.1) is 0 Å². The summed E-state index contributed by atoms with van der Waals surface area (Å²) in [6, 6.07) is 5.66. The van der Waals surface area contributed by atoms with E-state index >= 15 is 0 Å². The van der Waals surface area contributed by atoms with Crippen molar-refractivity contribution >= 4 is 11.8 Å². The monoisotopic (exact) mass is 249 g/mol. The number of carbonyl (C=O) groups is 2. The number of nitrogens with one attached hydrogen (secondary N) is 1. The van der Waals surface area contributed by atoms with Crippen LogP contribution in [-0.4, -0.2) is 23.4 Å². The van der Waals surface area contributed by atoms with Crippen LogP contribution in [0.5, 0.6) is 0 Å². The van der Waals surface area contributed by atoms with E-state index in [4.69, 9.17) is 5.11 Å². The summed E-state index contributed by atoms with van der Waals surface area (Å²) in [6.45, 7) is 4.68. The highest BCUT2D eigenvalue weighted by Gasteiger charge is 2.05. The summed E-state index contributed by atoms with van der Waals surface area (Å²) in [6.07, 6.45) is 0.976. The molecular weight excluding hydrogens is 230 g/mol. The molecule has 0 bridgehead atoms. The van der Waals surface area contributed by atoms with Crippen LogP contribution in [0.1, 0.15) is 41.8 Å². The summed E-state index contributed by atoms with van der Waals surface area (Å²) in [5.41, 5.74) is 2.97. The summed E-state index contributed by atoms with van der Waals surface area (Å²) in [4.78, 5) is 21.7. The van der Waals surface area contributed by atoms with Crippen LogP contribution in [0.25, 0.3) is 0 Å². The van der Waals surface area contributed by atoms with Gasteiger partial charge >= 0.3 is 5.97 Å². The lowest BCUT2D eigenvalue weighted by molar-refractivity contribution is -0.136. The Labute approximate surface area is 107 Å². The highest BCUT2D eigenvalue weighted by atomic mass is 16.4. The van der Waals surface area contributed by atoms with Crippen LogP contribution in [0.4, 0.5) is 0 Å². The standard InChI is InChI=1S/C14H19NO3/c1-3-11-8-12(10(2)16)4-5-13(11)9-15-7-6-14(17)18/h4-5,8,15H,3,6-7,9H2,1-2H3,(H,17,18). The van der Waals surface area contributed by atoms with Crippen molar-refractivity contribution in [1.82, 2.24) is 5.32 Å². The fourth-order valence-electron chi connectivity index (χ4n) is 1.76. The number of carbonyl (C=O) groups excluding carboxylic acids is 1. The van der Waals surface area contributed by atoms with E-state index in [2.05, 4.69) is 5.32 Å². The average Bonchev–Trinajstić information content (AvgIpc) is 2.34. The highest BCUT2D eigenvalue weighted by Crippen LogP contribution is 2.13. The van der Waals surface area contributed by atoms with Crippen molar-refractivity contribution < 1.29 is 14.7 Å². The number of ketones is 1. The molecular formula is C14H19NO3. The fourth-order valence-corrected chi connectivity index (χ4v) is 1.76. The van der Waals surface area contributed by atoms with Gasteiger partial charge in [-0.25, -0.2) is 0 Å². The molecule has 18 heavy (non-hydrogen) atoms. The number of Topliss-reactive ketones (excluding diaryl/α,β-unsaturated/α-hetero) is 1. The maximum Gasteiger partial charge on any atom is 0.304 e. The molecule has 1 aromatic carbocycles. The van der Waals surface area contributed by atoms with Crippen LogP contribution in [0, 0.1) is 0 Å². The Morgan fingerprint density at radius 2 is 2.00 bits per heavy atom. The van der Waals surface area contributed by atoms with Gasteiger partial charge in [-0.05, 0) is 30.5 Å². The van der Waals surface area contributed by atoms with Crippen molar-refractivity contribution in [2.24, 2.45) is 0 Å². The molecule has 1 rings (SSSR count). The Kier molecular flexibility index (Phi) is 5.52. The van der Waals surface area contributed by atoms with Crippen molar-refractivity contribution in [3.63, 3.8) is 0 Å². The molecule has 0 unspecified atom stereocenters. The van der Waals surface area contributed by atoms with Crippen LogP contribution in [0.3, 0.4) is 0 Å². The van der Waals surface area contributed by atoms with Gasteiger partial charge in [-0.1, -0.05) is 19.1 Å². The van der Waals surface area contributed by atoms with E-state index in [1.54, 1.807) is 6.92 Å². The molecule has 0 aromatic heterocycles. The Hall–Kier alpha value is -1.68. The molecule has 4 nitrogen and oxygen atoms in total. The third-order valence-corrected chi connectivity index (χ3v) is 2.82. The third kappa shape index (κ3) is 4.30. The van der Waals surface area contributed by atoms with Gasteiger partial charge in [0.15, 0.2) is 5.78 Å². The summed E-state index contributed by atoms with van der Waals surface area (Å²) in [5.74, 6) is -0.736. The van der Waals surface area contributed by atoms with Crippen molar-refractivity contribution in [2.45, 2.75) is 33.2 Å². The molecule has 4 heteroatoms. The number of hydrogen-bond donors (Lipinski definition) is 2. The molecule has 0 spiro atoms. The molecule has 2 N–H and O–H groups in total. The first-order valence-corrected chi connectivity index (χ1v) is 6.09. The lowest BCUT2D eigenvalue weighted by atomic mass is 10.00. The van der Waals surface area contributed by atoms with Gasteiger partial charge in [0.05, 0.1) is 6.42 Å². The maximum absolute atomic E-state index is 11.3. The van der Waals surface area contributed by atoms with E-state index in [1.165, 1.54) is 0 Å². The molecule has 0 atom stereocenters. The smallest absolute Gasteiger partial charge is 0.304 e. The second-order valence-corrected chi connectivity index (χ2v) is 4.21. The molecule has 0 radical (unpaired) electrons. The Balaban J connectivity index is 2.65. The van der Waals surface area contributed by atoms with E-state index in [0.717, 1.165) is 23.1 Å². The first-order chi connectivity index (χ1) is 8.54. The van der Waals surface area contributed by atoms with E-state index < -0.39 is 5.97 Å². The van der Waals surface area contributed by atoms with Gasteiger partial charge in [0, 0.05) is 18.7 Å². The normalized spacial score (nSPS) is 10.3. The number of aryl methyl sites for hydroxylation is 1. The van der Waals surface area contributed by atoms with E-state index in [9.17, 15) is 9.59 Å². The number of carboxylic acids is 1. The van der Waals surface area contributed by atoms with E-state index in [-0.39, 0.29) is 12.2 Å². The van der Waals surface area contributed by atoms with Crippen LogP contribution < -0.4 is 5.32 Å². The predicted molar refractivity (Wildman–Crippen MR) is 69.8 cm³/mol. The van der Waals surface area contributed by atoms with Gasteiger partial charge in [0.25, 0.3) is 0 Å². The van der Waals surface area contributed by atoms with E-state index in [0.29, 0.717) is 13.1 Å².